The van der Waals surface area contributed by atoms with E-state index in [0.29, 0.717) is 12.5 Å². The van der Waals surface area contributed by atoms with E-state index in [0.717, 1.165) is 43.8 Å². The fourth-order valence-corrected chi connectivity index (χ4v) is 4.65. The van der Waals surface area contributed by atoms with Crippen LogP contribution in [0.3, 0.4) is 0 Å². The predicted octanol–water partition coefficient (Wildman–Crippen LogP) is 3.03. The number of nitrogens with one attached hydrogen (secondary N) is 1. The Bertz CT molecular complexity index is 799. The number of methoxy groups -OCH3 is 1. The van der Waals surface area contributed by atoms with Gasteiger partial charge in [-0.05, 0) is 55.1 Å². The molecule has 0 spiro atoms. The highest BCUT2D eigenvalue weighted by Crippen LogP contribution is 2.19. The quantitative estimate of drug-likeness (QED) is 0.755. The number of sulfonamides is 1. The molecule has 1 aliphatic heterocycles. The van der Waals surface area contributed by atoms with Gasteiger partial charge in [0, 0.05) is 13.1 Å². The number of nitrogens with zero attached hydrogens (tertiary/aromatic N) is 1. The van der Waals surface area contributed by atoms with Crippen LogP contribution in [0.25, 0.3) is 0 Å². The van der Waals surface area contributed by atoms with Gasteiger partial charge in [0.2, 0.25) is 10.0 Å². The van der Waals surface area contributed by atoms with Crippen molar-refractivity contribution in [3.63, 3.8) is 0 Å². The first-order valence-corrected chi connectivity index (χ1v) is 11.1. The number of hydrogen-bond donors (Lipinski definition) is 1. The van der Waals surface area contributed by atoms with Gasteiger partial charge in [0.25, 0.3) is 0 Å². The van der Waals surface area contributed by atoms with Crippen LogP contribution >= 0.6 is 0 Å². The van der Waals surface area contributed by atoms with Crippen LogP contribution in [0, 0.1) is 5.92 Å². The molecule has 0 bridgehead atoms. The zero-order valence-corrected chi connectivity index (χ0v) is 16.6. The molecule has 1 saturated heterocycles. The van der Waals surface area contributed by atoms with Crippen LogP contribution in [0.1, 0.15) is 24.0 Å². The molecule has 1 heterocycles. The molecule has 146 valence electrons. The molecule has 1 aliphatic rings. The molecule has 1 N–H and O–H groups in total. The number of likely N-dealkylation sites (tertiary alicyclic amines) is 1. The van der Waals surface area contributed by atoms with Crippen LogP contribution in [0.15, 0.2) is 54.6 Å². The molecule has 5 nitrogen and oxygen atoms in total. The molecule has 0 aliphatic carbocycles. The molecule has 2 aromatic carbocycles. The molecule has 0 amide bonds. The topological polar surface area (TPSA) is 58.6 Å². The van der Waals surface area contributed by atoms with E-state index in [1.165, 1.54) is 5.56 Å². The maximum Gasteiger partial charge on any atom is 0.215 e. The standard InChI is InChI=1S/C21H28N2O3S/c1-26-21-9-7-20(8-10-21)17-27(24,25)22-15-18-11-13-23(14-12-18)16-19-5-3-2-4-6-19/h2-10,18,22H,11-17H2,1H3. The highest BCUT2D eigenvalue weighted by molar-refractivity contribution is 7.88. The van der Waals surface area contributed by atoms with Crippen molar-refractivity contribution in [2.45, 2.75) is 25.1 Å². The Morgan fingerprint density at radius 2 is 1.67 bits per heavy atom. The van der Waals surface area contributed by atoms with Crippen molar-refractivity contribution in [3.8, 4) is 5.75 Å². The molecule has 0 saturated carbocycles. The normalized spacial score (nSPS) is 16.3. The number of ether oxygens (including phenoxy) is 1. The second-order valence-electron chi connectivity index (χ2n) is 7.16. The Balaban J connectivity index is 1.42. The lowest BCUT2D eigenvalue weighted by molar-refractivity contribution is 0.178. The summed E-state index contributed by atoms with van der Waals surface area (Å²) in [6.45, 7) is 3.52. The molecule has 3 rings (SSSR count). The van der Waals surface area contributed by atoms with Gasteiger partial charge in [-0.2, -0.15) is 0 Å². The van der Waals surface area contributed by atoms with Crippen LogP contribution < -0.4 is 9.46 Å². The summed E-state index contributed by atoms with van der Waals surface area (Å²) in [4.78, 5) is 2.44. The zero-order valence-electron chi connectivity index (χ0n) is 15.8. The molecule has 2 aromatic rings. The van der Waals surface area contributed by atoms with Crippen molar-refractivity contribution in [2.24, 2.45) is 5.92 Å². The van der Waals surface area contributed by atoms with Gasteiger partial charge >= 0.3 is 0 Å². The summed E-state index contributed by atoms with van der Waals surface area (Å²) < 4.78 is 32.6. The highest BCUT2D eigenvalue weighted by Gasteiger charge is 2.21. The highest BCUT2D eigenvalue weighted by atomic mass is 32.2. The van der Waals surface area contributed by atoms with E-state index in [-0.39, 0.29) is 5.75 Å². The monoisotopic (exact) mass is 388 g/mol. The van der Waals surface area contributed by atoms with Gasteiger partial charge in [-0.25, -0.2) is 13.1 Å². The van der Waals surface area contributed by atoms with Gasteiger partial charge in [-0.3, -0.25) is 4.90 Å². The van der Waals surface area contributed by atoms with Crippen LogP contribution in [0.5, 0.6) is 5.75 Å². The Kier molecular flexibility index (Phi) is 6.88. The maximum absolute atomic E-state index is 12.3. The first kappa shape index (κ1) is 19.9. The summed E-state index contributed by atoms with van der Waals surface area (Å²) in [7, 11) is -1.72. The molecule has 0 unspecified atom stereocenters. The van der Waals surface area contributed by atoms with Crippen molar-refractivity contribution < 1.29 is 13.2 Å². The molecule has 6 heteroatoms. The third-order valence-electron chi connectivity index (χ3n) is 5.06. The summed E-state index contributed by atoms with van der Waals surface area (Å²) in [5, 5.41) is 0. The van der Waals surface area contributed by atoms with Crippen molar-refractivity contribution in [3.05, 3.63) is 65.7 Å². The fourth-order valence-electron chi connectivity index (χ4n) is 3.43. The van der Waals surface area contributed by atoms with E-state index in [1.54, 1.807) is 31.4 Å². The predicted molar refractivity (Wildman–Crippen MR) is 108 cm³/mol. The number of benzene rings is 2. The average molecular weight is 389 g/mol. The van der Waals surface area contributed by atoms with Crippen molar-refractivity contribution in [2.75, 3.05) is 26.7 Å². The smallest absolute Gasteiger partial charge is 0.215 e. The van der Waals surface area contributed by atoms with Gasteiger partial charge in [-0.1, -0.05) is 42.5 Å². The van der Waals surface area contributed by atoms with E-state index < -0.39 is 10.0 Å². The van der Waals surface area contributed by atoms with E-state index in [9.17, 15) is 8.42 Å². The number of hydrogen-bond acceptors (Lipinski definition) is 4. The average Bonchev–Trinajstić information content (AvgIpc) is 2.69. The summed E-state index contributed by atoms with van der Waals surface area (Å²) >= 11 is 0. The first-order valence-electron chi connectivity index (χ1n) is 9.40. The van der Waals surface area contributed by atoms with Crippen LogP contribution in [-0.2, 0) is 22.3 Å². The fraction of sp³-hybridized carbons (Fsp3) is 0.429. The summed E-state index contributed by atoms with van der Waals surface area (Å²) in [5.41, 5.74) is 2.09. The lowest BCUT2D eigenvalue weighted by Gasteiger charge is -2.32. The van der Waals surface area contributed by atoms with E-state index in [4.69, 9.17) is 4.74 Å². The lowest BCUT2D eigenvalue weighted by Crippen LogP contribution is -2.38. The molecule has 0 atom stereocenters. The van der Waals surface area contributed by atoms with E-state index in [2.05, 4.69) is 33.9 Å². The Hall–Kier alpha value is -1.89. The van der Waals surface area contributed by atoms with Gasteiger partial charge in [0.05, 0.1) is 12.9 Å². The SMILES string of the molecule is COc1ccc(CS(=O)(=O)NCC2CCN(Cc3ccccc3)CC2)cc1. The molecule has 1 fully saturated rings. The van der Waals surface area contributed by atoms with Crippen LogP contribution in [0.4, 0.5) is 0 Å². The minimum Gasteiger partial charge on any atom is -0.497 e. The second-order valence-corrected chi connectivity index (χ2v) is 8.97. The van der Waals surface area contributed by atoms with Crippen LogP contribution in [0.2, 0.25) is 0 Å². The van der Waals surface area contributed by atoms with E-state index >= 15 is 0 Å². The molecule has 0 aromatic heterocycles. The number of rotatable bonds is 8. The lowest BCUT2D eigenvalue weighted by atomic mass is 9.97. The third-order valence-corrected chi connectivity index (χ3v) is 6.38. The van der Waals surface area contributed by atoms with Crippen molar-refractivity contribution in [1.82, 2.24) is 9.62 Å². The zero-order chi connectivity index (χ0) is 19.1. The Morgan fingerprint density at radius 1 is 1.00 bits per heavy atom. The van der Waals surface area contributed by atoms with Gasteiger partial charge in [-0.15, -0.1) is 0 Å². The van der Waals surface area contributed by atoms with Crippen LogP contribution in [-0.4, -0.2) is 40.1 Å². The molecular formula is C21H28N2O3S. The number of piperidine rings is 1. The van der Waals surface area contributed by atoms with Gasteiger partial charge in [0.1, 0.15) is 5.75 Å². The summed E-state index contributed by atoms with van der Waals surface area (Å²) in [6, 6.07) is 17.6. The Labute approximate surface area is 162 Å². The minimum atomic E-state index is -3.32. The van der Waals surface area contributed by atoms with Gasteiger partial charge < -0.3 is 4.74 Å². The van der Waals surface area contributed by atoms with E-state index in [1.807, 2.05) is 6.07 Å². The Morgan fingerprint density at radius 3 is 2.30 bits per heavy atom. The molecule has 0 radical (unpaired) electrons. The van der Waals surface area contributed by atoms with Crippen molar-refractivity contribution >= 4 is 10.0 Å². The minimum absolute atomic E-state index is 0.00382. The van der Waals surface area contributed by atoms with Crippen molar-refractivity contribution in [1.29, 1.82) is 0 Å². The largest absolute Gasteiger partial charge is 0.497 e. The first-order chi connectivity index (χ1) is 13.0. The summed E-state index contributed by atoms with van der Waals surface area (Å²) in [5.74, 6) is 1.14. The molecule has 27 heavy (non-hydrogen) atoms. The second kappa shape index (κ2) is 9.35. The molecular weight excluding hydrogens is 360 g/mol. The van der Waals surface area contributed by atoms with Gasteiger partial charge in [0.15, 0.2) is 0 Å². The summed E-state index contributed by atoms with van der Waals surface area (Å²) in [6.07, 6.45) is 2.05. The third kappa shape index (κ3) is 6.34. The maximum atomic E-state index is 12.3.